The van der Waals surface area contributed by atoms with Crippen LogP contribution in [0.25, 0.3) is 0 Å². The molecule has 0 aliphatic carbocycles. The molecular formula is C13H18N2O4. The van der Waals surface area contributed by atoms with E-state index in [1.54, 1.807) is 26.8 Å². The van der Waals surface area contributed by atoms with E-state index in [9.17, 15) is 14.4 Å². The van der Waals surface area contributed by atoms with Gasteiger partial charge in [0.05, 0.1) is 0 Å². The predicted octanol–water partition coefficient (Wildman–Crippen LogP) is 0.832. The third-order valence-corrected chi connectivity index (χ3v) is 2.73. The zero-order valence-electron chi connectivity index (χ0n) is 11.2. The maximum absolute atomic E-state index is 11.9. The Morgan fingerprint density at radius 3 is 2.58 bits per heavy atom. The lowest BCUT2D eigenvalue weighted by atomic mass is 10.1. The molecule has 0 fully saturated rings. The molecule has 0 spiro atoms. The lowest BCUT2D eigenvalue weighted by Gasteiger charge is -2.11. The fourth-order valence-electron chi connectivity index (χ4n) is 1.86. The van der Waals surface area contributed by atoms with E-state index >= 15 is 0 Å². The number of carbonyl (C=O) groups excluding carboxylic acids is 1. The number of aromatic amines is 1. The van der Waals surface area contributed by atoms with Gasteiger partial charge in [-0.25, -0.2) is 0 Å². The third kappa shape index (κ3) is 4.24. The molecule has 6 nitrogen and oxygen atoms in total. The van der Waals surface area contributed by atoms with Gasteiger partial charge in [-0.15, -0.1) is 0 Å². The van der Waals surface area contributed by atoms with E-state index in [4.69, 9.17) is 5.11 Å². The summed E-state index contributed by atoms with van der Waals surface area (Å²) in [5.41, 5.74) is 0.942. The highest BCUT2D eigenvalue weighted by molar-refractivity contribution is 5.95. The molecule has 1 aromatic rings. The standard InChI is InChI=1S/C13H18N2O4/c1-7(4-10(16)17)6-14-12(18)11-8(2)5-9(3)15-13(11)19/h5,7H,4,6H2,1-3H3,(H,14,18)(H,15,19)(H,16,17). The van der Waals surface area contributed by atoms with Gasteiger partial charge >= 0.3 is 5.97 Å². The number of pyridine rings is 1. The maximum atomic E-state index is 11.9. The highest BCUT2D eigenvalue weighted by atomic mass is 16.4. The summed E-state index contributed by atoms with van der Waals surface area (Å²) in [6.45, 7) is 5.38. The van der Waals surface area contributed by atoms with Crippen molar-refractivity contribution < 1.29 is 14.7 Å². The summed E-state index contributed by atoms with van der Waals surface area (Å²) in [6.07, 6.45) is -0.0243. The average Bonchev–Trinajstić information content (AvgIpc) is 2.23. The fraction of sp³-hybridized carbons (Fsp3) is 0.462. The Morgan fingerprint density at radius 1 is 1.42 bits per heavy atom. The van der Waals surface area contributed by atoms with Crippen LogP contribution in [-0.4, -0.2) is 28.5 Å². The van der Waals surface area contributed by atoms with E-state index in [2.05, 4.69) is 10.3 Å². The molecule has 0 radical (unpaired) electrons. The molecule has 0 bridgehead atoms. The lowest BCUT2D eigenvalue weighted by molar-refractivity contribution is -0.137. The van der Waals surface area contributed by atoms with E-state index in [-0.39, 0.29) is 24.4 Å². The lowest BCUT2D eigenvalue weighted by Crippen LogP contribution is -2.34. The largest absolute Gasteiger partial charge is 0.481 e. The van der Waals surface area contributed by atoms with Crippen LogP contribution < -0.4 is 10.9 Å². The van der Waals surface area contributed by atoms with Gasteiger partial charge in [-0.3, -0.25) is 14.4 Å². The Hall–Kier alpha value is -2.11. The van der Waals surface area contributed by atoms with Gasteiger partial charge in [-0.2, -0.15) is 0 Å². The maximum Gasteiger partial charge on any atom is 0.303 e. The second kappa shape index (κ2) is 6.17. The van der Waals surface area contributed by atoms with Crippen molar-refractivity contribution >= 4 is 11.9 Å². The number of aryl methyl sites for hydroxylation is 2. The molecule has 104 valence electrons. The smallest absolute Gasteiger partial charge is 0.303 e. The summed E-state index contributed by atoms with van der Waals surface area (Å²) in [6, 6.07) is 1.72. The molecule has 1 rings (SSSR count). The average molecular weight is 266 g/mol. The second-order valence-corrected chi connectivity index (χ2v) is 4.75. The number of carboxylic acid groups (broad SMARTS) is 1. The van der Waals surface area contributed by atoms with Gasteiger partial charge in [-0.05, 0) is 31.4 Å². The van der Waals surface area contributed by atoms with Crippen molar-refractivity contribution in [3.63, 3.8) is 0 Å². The number of amides is 1. The van der Waals surface area contributed by atoms with Gasteiger partial charge in [0.25, 0.3) is 11.5 Å². The van der Waals surface area contributed by atoms with Crippen LogP contribution in [-0.2, 0) is 4.79 Å². The Labute approximate surface area is 110 Å². The Kier molecular flexibility index (Phi) is 4.86. The molecule has 1 unspecified atom stereocenters. The highest BCUT2D eigenvalue weighted by Gasteiger charge is 2.15. The van der Waals surface area contributed by atoms with Crippen molar-refractivity contribution in [3.8, 4) is 0 Å². The summed E-state index contributed by atoms with van der Waals surface area (Å²) in [7, 11) is 0. The summed E-state index contributed by atoms with van der Waals surface area (Å²) in [4.78, 5) is 36.7. The van der Waals surface area contributed by atoms with Crippen LogP contribution in [0.5, 0.6) is 0 Å². The molecule has 0 aliphatic rings. The van der Waals surface area contributed by atoms with Gasteiger partial charge in [0, 0.05) is 18.7 Å². The molecule has 3 N–H and O–H groups in total. The minimum atomic E-state index is -0.911. The molecule has 0 saturated heterocycles. The van der Waals surface area contributed by atoms with Crippen LogP contribution >= 0.6 is 0 Å². The highest BCUT2D eigenvalue weighted by Crippen LogP contribution is 2.04. The van der Waals surface area contributed by atoms with Crippen LogP contribution in [0.1, 0.15) is 35.0 Å². The SMILES string of the molecule is Cc1cc(C)c(C(=O)NCC(C)CC(=O)O)c(=O)[nH]1. The number of hydrogen-bond donors (Lipinski definition) is 3. The number of H-pyrrole nitrogens is 1. The monoisotopic (exact) mass is 266 g/mol. The molecule has 19 heavy (non-hydrogen) atoms. The van der Waals surface area contributed by atoms with E-state index in [0.29, 0.717) is 11.3 Å². The molecular weight excluding hydrogens is 248 g/mol. The number of aliphatic carboxylic acids is 1. The molecule has 6 heteroatoms. The van der Waals surface area contributed by atoms with E-state index in [1.165, 1.54) is 0 Å². The number of nitrogens with one attached hydrogen (secondary N) is 2. The van der Waals surface area contributed by atoms with Crippen LogP contribution in [0.3, 0.4) is 0 Å². The number of carbonyl (C=O) groups is 2. The van der Waals surface area contributed by atoms with Crippen LogP contribution in [0, 0.1) is 19.8 Å². The van der Waals surface area contributed by atoms with E-state index < -0.39 is 17.4 Å². The van der Waals surface area contributed by atoms with Crippen molar-refractivity contribution in [2.24, 2.45) is 5.92 Å². The van der Waals surface area contributed by atoms with Gasteiger partial charge < -0.3 is 15.4 Å². The Morgan fingerprint density at radius 2 is 2.05 bits per heavy atom. The van der Waals surface area contributed by atoms with Crippen LogP contribution in [0.4, 0.5) is 0 Å². The van der Waals surface area contributed by atoms with Crippen LogP contribution in [0.2, 0.25) is 0 Å². The molecule has 1 aromatic heterocycles. The molecule has 1 atom stereocenters. The predicted molar refractivity (Wildman–Crippen MR) is 70.3 cm³/mol. The number of hydrogen-bond acceptors (Lipinski definition) is 3. The molecule has 0 aliphatic heterocycles. The quantitative estimate of drug-likeness (QED) is 0.735. The van der Waals surface area contributed by atoms with E-state index in [0.717, 1.165) is 0 Å². The summed E-state index contributed by atoms with van der Waals surface area (Å²) in [5, 5.41) is 11.2. The number of carboxylic acids is 1. The zero-order chi connectivity index (χ0) is 14.6. The third-order valence-electron chi connectivity index (χ3n) is 2.73. The second-order valence-electron chi connectivity index (χ2n) is 4.75. The molecule has 0 aromatic carbocycles. The summed E-state index contributed by atoms with van der Waals surface area (Å²) < 4.78 is 0. The van der Waals surface area contributed by atoms with Crippen molar-refractivity contribution in [1.82, 2.24) is 10.3 Å². The first-order valence-corrected chi connectivity index (χ1v) is 6.01. The van der Waals surface area contributed by atoms with Crippen molar-refractivity contribution in [2.45, 2.75) is 27.2 Å². The van der Waals surface area contributed by atoms with Crippen molar-refractivity contribution in [2.75, 3.05) is 6.54 Å². The van der Waals surface area contributed by atoms with Gasteiger partial charge in [0.15, 0.2) is 0 Å². The minimum absolute atomic E-state index is 0.0243. The van der Waals surface area contributed by atoms with Gasteiger partial charge in [0.1, 0.15) is 5.56 Å². The first-order valence-electron chi connectivity index (χ1n) is 6.01. The molecule has 1 amide bonds. The zero-order valence-corrected chi connectivity index (χ0v) is 11.2. The van der Waals surface area contributed by atoms with Crippen LogP contribution in [0.15, 0.2) is 10.9 Å². The summed E-state index contributed by atoms with van der Waals surface area (Å²) >= 11 is 0. The first kappa shape index (κ1) is 14.9. The Bertz CT molecular complexity index is 548. The summed E-state index contributed by atoms with van der Waals surface area (Å²) in [5.74, 6) is -1.58. The minimum Gasteiger partial charge on any atom is -0.481 e. The molecule has 0 saturated carbocycles. The first-order chi connectivity index (χ1) is 8.81. The normalized spacial score (nSPS) is 11.9. The Balaban J connectivity index is 2.75. The number of rotatable bonds is 5. The van der Waals surface area contributed by atoms with Crippen molar-refractivity contribution in [1.29, 1.82) is 0 Å². The fourth-order valence-corrected chi connectivity index (χ4v) is 1.86. The van der Waals surface area contributed by atoms with E-state index in [1.807, 2.05) is 0 Å². The molecule has 1 heterocycles. The number of aromatic nitrogens is 1. The van der Waals surface area contributed by atoms with Gasteiger partial charge in [0.2, 0.25) is 0 Å². The van der Waals surface area contributed by atoms with Gasteiger partial charge in [-0.1, -0.05) is 6.92 Å². The van der Waals surface area contributed by atoms with Crippen molar-refractivity contribution in [3.05, 3.63) is 33.2 Å². The topological polar surface area (TPSA) is 99.3 Å².